The van der Waals surface area contributed by atoms with E-state index in [1.54, 1.807) is 0 Å². The third-order valence-corrected chi connectivity index (χ3v) is 6.12. The predicted octanol–water partition coefficient (Wildman–Crippen LogP) is 3.55. The molecule has 1 aromatic heterocycles. The van der Waals surface area contributed by atoms with Crippen molar-refractivity contribution in [2.75, 3.05) is 43.9 Å². The zero-order chi connectivity index (χ0) is 26.2. The van der Waals surface area contributed by atoms with Gasteiger partial charge in [-0.05, 0) is 24.3 Å². The van der Waals surface area contributed by atoms with Crippen LogP contribution in [0.3, 0.4) is 0 Å². The van der Waals surface area contributed by atoms with Crippen molar-refractivity contribution in [1.82, 2.24) is 9.88 Å². The van der Waals surface area contributed by atoms with Crippen molar-refractivity contribution >= 4 is 21.4 Å². The minimum absolute atomic E-state index is 0.00797. The van der Waals surface area contributed by atoms with Crippen LogP contribution < -0.4 is 9.64 Å². The van der Waals surface area contributed by atoms with E-state index in [0.29, 0.717) is 6.07 Å². The van der Waals surface area contributed by atoms with E-state index < -0.39 is 62.4 Å². The van der Waals surface area contributed by atoms with Gasteiger partial charge in [-0.1, -0.05) is 0 Å². The zero-order valence-corrected chi connectivity index (χ0v) is 18.8. The van der Waals surface area contributed by atoms with Crippen molar-refractivity contribution in [3.8, 4) is 5.88 Å². The van der Waals surface area contributed by atoms with Gasteiger partial charge in [0.2, 0.25) is 5.88 Å². The molecule has 7 nitrogen and oxygen atoms in total. The molecule has 1 aromatic carbocycles. The second-order valence-electron chi connectivity index (χ2n) is 7.64. The van der Waals surface area contributed by atoms with Crippen LogP contribution in [0, 0.1) is 5.82 Å². The first-order valence-electron chi connectivity index (χ1n) is 9.87. The molecule has 0 radical (unpaired) electrons. The maximum absolute atomic E-state index is 14.3. The Labute approximate surface area is 195 Å². The number of rotatable bonds is 5. The molecule has 15 heteroatoms. The number of carbonyl (C=O) groups is 1. The lowest BCUT2D eigenvalue weighted by molar-refractivity contribution is -0.154. The molecule has 2 heterocycles. The molecule has 0 N–H and O–H groups in total. The van der Waals surface area contributed by atoms with Crippen molar-refractivity contribution < 1.29 is 48.7 Å². The molecule has 1 saturated heterocycles. The molecule has 0 spiro atoms. The second kappa shape index (κ2) is 9.51. The maximum atomic E-state index is 14.3. The number of hydrogen-bond donors (Lipinski definition) is 0. The summed E-state index contributed by atoms with van der Waals surface area (Å²) in [6.45, 7) is -1.94. The molecule has 0 bridgehead atoms. The highest BCUT2D eigenvalue weighted by molar-refractivity contribution is 7.90. The van der Waals surface area contributed by atoms with E-state index in [1.807, 2.05) is 0 Å². The summed E-state index contributed by atoms with van der Waals surface area (Å²) in [6.07, 6.45) is -7.87. The molecule has 1 amide bonds. The van der Waals surface area contributed by atoms with Gasteiger partial charge in [-0.3, -0.25) is 4.79 Å². The van der Waals surface area contributed by atoms with Gasteiger partial charge in [0.15, 0.2) is 16.4 Å². The quantitative estimate of drug-likeness (QED) is 0.552. The van der Waals surface area contributed by atoms with Crippen molar-refractivity contribution in [2.45, 2.75) is 17.2 Å². The number of nitrogens with zero attached hydrogens (tertiary/aromatic N) is 3. The van der Waals surface area contributed by atoms with Crippen molar-refractivity contribution in [2.24, 2.45) is 0 Å². The summed E-state index contributed by atoms with van der Waals surface area (Å²) in [5.74, 6) is -2.68. The van der Waals surface area contributed by atoms with Gasteiger partial charge in [-0.2, -0.15) is 26.3 Å². The number of benzene rings is 1. The summed E-state index contributed by atoms with van der Waals surface area (Å²) in [5.41, 5.74) is -1.77. The summed E-state index contributed by atoms with van der Waals surface area (Å²) in [4.78, 5) is 18.7. The molecule has 0 unspecified atom stereocenters. The van der Waals surface area contributed by atoms with E-state index in [9.17, 15) is 43.9 Å². The first kappa shape index (κ1) is 26.5. The number of ether oxygens (including phenoxy) is 1. The highest BCUT2D eigenvalue weighted by Gasteiger charge is 2.33. The molecular formula is C20H18F7N3O4S. The molecule has 35 heavy (non-hydrogen) atoms. The van der Waals surface area contributed by atoms with Crippen LogP contribution in [0.15, 0.2) is 35.4 Å². The van der Waals surface area contributed by atoms with Crippen LogP contribution in [0.5, 0.6) is 5.88 Å². The average Bonchev–Trinajstić information content (AvgIpc) is 2.75. The van der Waals surface area contributed by atoms with E-state index >= 15 is 0 Å². The average molecular weight is 529 g/mol. The maximum Gasteiger partial charge on any atom is 0.422 e. The number of carbonyl (C=O) groups excluding carboxylic acids is 1. The molecule has 3 rings (SSSR count). The standard InChI is InChI=1S/C20H18F7N3O4S/c1-35(32,33)13-9-14(17(28-10-13)34-11-19(22,23)24)18(31)30-6-4-29(5-7-30)16-3-2-12(8-15(16)21)20(25,26)27/h2-3,8-10H,4-7,11H2,1H3. The number of aromatic nitrogens is 1. The van der Waals surface area contributed by atoms with Crippen LogP contribution in [0.2, 0.25) is 0 Å². The number of amides is 1. The largest absolute Gasteiger partial charge is 0.467 e. The van der Waals surface area contributed by atoms with E-state index in [4.69, 9.17) is 0 Å². The van der Waals surface area contributed by atoms with E-state index in [-0.39, 0.29) is 31.9 Å². The molecule has 1 aliphatic rings. The van der Waals surface area contributed by atoms with Gasteiger partial charge in [0.25, 0.3) is 5.91 Å². The fraction of sp³-hybridized carbons (Fsp3) is 0.400. The van der Waals surface area contributed by atoms with Crippen LogP contribution in [0.4, 0.5) is 36.4 Å². The first-order chi connectivity index (χ1) is 16.1. The number of sulfone groups is 1. The molecule has 192 valence electrons. The number of anilines is 1. The lowest BCUT2D eigenvalue weighted by atomic mass is 10.1. The van der Waals surface area contributed by atoms with Crippen molar-refractivity contribution in [3.05, 3.63) is 47.4 Å². The Morgan fingerprint density at radius 2 is 1.69 bits per heavy atom. The molecule has 2 aromatic rings. The van der Waals surface area contributed by atoms with Crippen LogP contribution in [-0.4, -0.2) is 69.4 Å². The third-order valence-electron chi connectivity index (χ3n) is 5.04. The van der Waals surface area contributed by atoms with Crippen LogP contribution in [-0.2, 0) is 16.0 Å². The summed E-state index contributed by atoms with van der Waals surface area (Å²) in [7, 11) is -3.85. The molecule has 0 saturated carbocycles. The normalized spacial score (nSPS) is 15.3. The van der Waals surface area contributed by atoms with Crippen molar-refractivity contribution in [3.63, 3.8) is 0 Å². The van der Waals surface area contributed by atoms with E-state index in [0.717, 1.165) is 30.7 Å². The lowest BCUT2D eigenvalue weighted by Gasteiger charge is -2.36. The number of alkyl halides is 6. The molecular weight excluding hydrogens is 511 g/mol. The van der Waals surface area contributed by atoms with Gasteiger partial charge < -0.3 is 14.5 Å². The summed E-state index contributed by atoms with van der Waals surface area (Å²) in [6, 6.07) is 2.92. The van der Waals surface area contributed by atoms with Gasteiger partial charge in [0, 0.05) is 38.6 Å². The Balaban J connectivity index is 1.79. The fourth-order valence-corrected chi connectivity index (χ4v) is 3.89. The van der Waals surface area contributed by atoms with Crippen molar-refractivity contribution in [1.29, 1.82) is 0 Å². The Kier molecular flexibility index (Phi) is 7.20. The molecule has 1 aliphatic heterocycles. The van der Waals surface area contributed by atoms with Gasteiger partial charge in [-0.15, -0.1) is 0 Å². The second-order valence-corrected chi connectivity index (χ2v) is 9.66. The minimum atomic E-state index is -4.74. The van der Waals surface area contributed by atoms with Gasteiger partial charge in [0.05, 0.1) is 16.1 Å². The number of hydrogen-bond acceptors (Lipinski definition) is 6. The molecule has 1 fully saturated rings. The highest BCUT2D eigenvalue weighted by atomic mass is 32.2. The summed E-state index contributed by atoms with van der Waals surface area (Å²) >= 11 is 0. The summed E-state index contributed by atoms with van der Waals surface area (Å²) < 4.78 is 119. The van der Waals surface area contributed by atoms with Gasteiger partial charge in [-0.25, -0.2) is 17.8 Å². The van der Waals surface area contributed by atoms with E-state index in [2.05, 4.69) is 9.72 Å². The fourth-order valence-electron chi connectivity index (χ4n) is 3.31. The van der Waals surface area contributed by atoms with E-state index in [1.165, 1.54) is 9.80 Å². The lowest BCUT2D eigenvalue weighted by Crippen LogP contribution is -2.49. The van der Waals surface area contributed by atoms with Crippen LogP contribution in [0.25, 0.3) is 0 Å². The highest BCUT2D eigenvalue weighted by Crippen LogP contribution is 2.33. The first-order valence-corrected chi connectivity index (χ1v) is 11.8. The Morgan fingerprint density at radius 1 is 1.06 bits per heavy atom. The number of piperazine rings is 1. The molecule has 0 aliphatic carbocycles. The van der Waals surface area contributed by atoms with Gasteiger partial charge in [0.1, 0.15) is 11.4 Å². The Morgan fingerprint density at radius 3 is 2.20 bits per heavy atom. The SMILES string of the molecule is CS(=O)(=O)c1cnc(OCC(F)(F)F)c(C(=O)N2CCN(c3ccc(C(F)(F)F)cc3F)CC2)c1. The Bertz CT molecular complexity index is 1210. The van der Waals surface area contributed by atoms with Crippen LogP contribution >= 0.6 is 0 Å². The summed E-state index contributed by atoms with van der Waals surface area (Å²) in [5, 5.41) is 0. The number of pyridine rings is 1. The smallest absolute Gasteiger partial charge is 0.422 e. The minimum Gasteiger partial charge on any atom is -0.467 e. The monoisotopic (exact) mass is 529 g/mol. The van der Waals surface area contributed by atoms with Crippen LogP contribution in [0.1, 0.15) is 15.9 Å². The number of halogens is 7. The zero-order valence-electron chi connectivity index (χ0n) is 18.0. The van der Waals surface area contributed by atoms with Gasteiger partial charge >= 0.3 is 12.4 Å². The predicted molar refractivity (Wildman–Crippen MR) is 108 cm³/mol. The third kappa shape index (κ3) is 6.52. The molecule has 0 atom stereocenters. The Hall–Kier alpha value is -3.10. The topological polar surface area (TPSA) is 79.8 Å².